The molecule has 0 aromatic carbocycles. The summed E-state index contributed by atoms with van der Waals surface area (Å²) in [5, 5.41) is 127. The molecule has 0 aromatic rings. The zero-order chi connectivity index (χ0) is 51.9. The first-order valence-electron chi connectivity index (χ1n) is 25.9. The lowest BCUT2D eigenvalue weighted by atomic mass is 9.46. The summed E-state index contributed by atoms with van der Waals surface area (Å²) < 4.78 is 61.7. The maximum atomic E-state index is 11.5. The van der Waals surface area contributed by atoms with Crippen molar-refractivity contribution in [2.75, 3.05) is 33.5 Å². The van der Waals surface area contributed by atoms with E-state index in [-0.39, 0.29) is 67.3 Å². The van der Waals surface area contributed by atoms with Crippen LogP contribution in [0.1, 0.15) is 79.1 Å². The zero-order valence-corrected chi connectivity index (χ0v) is 41.7. The molecule has 29 atom stereocenters. The van der Waals surface area contributed by atoms with E-state index in [1.807, 2.05) is 0 Å². The molecule has 8 fully saturated rings. The number of aliphatic hydroxyl groups excluding tert-OH is 12. The van der Waals surface area contributed by atoms with Gasteiger partial charge in [0.15, 0.2) is 30.9 Å². The number of ether oxygens (including phenoxy) is 10. The summed E-state index contributed by atoms with van der Waals surface area (Å²) in [4.78, 5) is 0. The minimum absolute atomic E-state index is 0.0113. The lowest BCUT2D eigenvalue weighted by Crippen LogP contribution is -2.65. The average Bonchev–Trinajstić information content (AvgIpc) is 3.81. The van der Waals surface area contributed by atoms with Crippen molar-refractivity contribution < 1.29 is 109 Å². The van der Waals surface area contributed by atoms with Gasteiger partial charge in [0, 0.05) is 31.3 Å². The molecule has 1 unspecified atom stereocenters. The highest BCUT2D eigenvalue weighted by Crippen LogP contribution is 2.70. The summed E-state index contributed by atoms with van der Waals surface area (Å²) in [5.74, 6) is -0.203. The van der Waals surface area contributed by atoms with Crippen LogP contribution in [0.15, 0.2) is 23.8 Å². The molecule has 9 aliphatic rings. The van der Waals surface area contributed by atoms with Crippen molar-refractivity contribution in [3.8, 4) is 0 Å². The van der Waals surface area contributed by atoms with Gasteiger partial charge < -0.3 is 109 Å². The Morgan fingerprint density at radius 1 is 0.736 bits per heavy atom. The van der Waals surface area contributed by atoms with Gasteiger partial charge in [-0.25, -0.2) is 0 Å². The predicted molar refractivity (Wildman–Crippen MR) is 244 cm³/mol. The van der Waals surface area contributed by atoms with Gasteiger partial charge in [-0.1, -0.05) is 44.6 Å². The molecular formula is C50H80O22. The van der Waals surface area contributed by atoms with Crippen LogP contribution in [0.5, 0.6) is 0 Å². The van der Waals surface area contributed by atoms with E-state index in [1.54, 1.807) is 7.11 Å². The molecule has 0 radical (unpaired) electrons. The van der Waals surface area contributed by atoms with Gasteiger partial charge in [0.2, 0.25) is 0 Å². The molecule has 0 amide bonds. The molecule has 5 heterocycles. The van der Waals surface area contributed by atoms with Crippen LogP contribution in [-0.2, 0) is 47.4 Å². The topological polar surface area (TPSA) is 335 Å². The second kappa shape index (κ2) is 21.4. The number of methoxy groups -OCH3 is 1. The highest BCUT2D eigenvalue weighted by atomic mass is 16.8. The van der Waals surface area contributed by atoms with Crippen LogP contribution in [0.3, 0.4) is 0 Å². The van der Waals surface area contributed by atoms with Crippen LogP contribution >= 0.6 is 0 Å². The summed E-state index contributed by atoms with van der Waals surface area (Å²) in [5.41, 5.74) is 0.992. The largest absolute Gasteiger partial charge is 0.394 e. The van der Waals surface area contributed by atoms with Gasteiger partial charge in [0.1, 0.15) is 79.4 Å². The molecule has 22 nitrogen and oxygen atoms in total. The van der Waals surface area contributed by atoms with E-state index >= 15 is 0 Å². The Bertz CT molecular complexity index is 1910. The van der Waals surface area contributed by atoms with E-state index in [1.165, 1.54) is 6.92 Å². The Balaban J connectivity index is 0.912. The van der Waals surface area contributed by atoms with Crippen LogP contribution < -0.4 is 0 Å². The molecule has 0 aromatic heterocycles. The second-order valence-corrected chi connectivity index (χ2v) is 22.8. The smallest absolute Gasteiger partial charge is 0.187 e. The molecule has 5 aliphatic heterocycles. The molecule has 0 spiro atoms. The molecule has 4 aliphatic carbocycles. The number of rotatable bonds is 14. The molecule has 3 saturated carbocycles. The van der Waals surface area contributed by atoms with E-state index in [2.05, 4.69) is 33.4 Å². The Morgan fingerprint density at radius 3 is 2.12 bits per heavy atom. The van der Waals surface area contributed by atoms with Gasteiger partial charge in [-0.2, -0.15) is 0 Å². The SMILES string of the molecule is C=C(CCC1(OC)O[C@H]2C[C@H]3[C@@H]4CC=C5C[C@@H](O)C[C@@H](O[C@@H]6OC[C@H](O)[C@H](O[C@@H]7OC[C@@H](O)[C@H](O)[C@H]7O)[C@H]6O[C@@H]6O[C@@H](C)[C@H](O)[C@@H](O)[C@H]6O)[C@]5(C)[C@H]4CC[C@]3(C)[C@H]2[C@@H]1C)CO[C@@H]1O[C@H](CO)[C@@H](O)[C@H](O)[C@H]1O. The Labute approximate surface area is 419 Å². The van der Waals surface area contributed by atoms with Crippen LogP contribution in [0.4, 0.5) is 0 Å². The molecule has 22 heteroatoms. The first-order chi connectivity index (χ1) is 34.1. The van der Waals surface area contributed by atoms with Crippen molar-refractivity contribution in [3.63, 3.8) is 0 Å². The summed E-state index contributed by atoms with van der Waals surface area (Å²) in [6, 6.07) is 0. The fourth-order valence-electron chi connectivity index (χ4n) is 14.7. The van der Waals surface area contributed by atoms with Crippen molar-refractivity contribution in [2.24, 2.45) is 40.4 Å². The number of allylic oxidation sites excluding steroid dienone is 1. The van der Waals surface area contributed by atoms with Crippen molar-refractivity contribution in [2.45, 2.75) is 214 Å². The van der Waals surface area contributed by atoms with E-state index in [0.29, 0.717) is 24.8 Å². The number of aliphatic hydroxyl groups is 12. The van der Waals surface area contributed by atoms with E-state index in [9.17, 15) is 61.3 Å². The average molecular weight is 1030 g/mol. The second-order valence-electron chi connectivity index (χ2n) is 22.8. The summed E-state index contributed by atoms with van der Waals surface area (Å²) in [6.45, 7) is 11.1. The first-order valence-corrected chi connectivity index (χ1v) is 25.9. The maximum Gasteiger partial charge on any atom is 0.187 e. The molecule has 5 saturated heterocycles. The maximum absolute atomic E-state index is 11.5. The van der Waals surface area contributed by atoms with Gasteiger partial charge in [-0.3, -0.25) is 0 Å². The van der Waals surface area contributed by atoms with E-state index in [0.717, 1.165) is 31.3 Å². The Hall–Kier alpha value is -1.40. The minimum atomic E-state index is -1.76. The number of fused-ring (bicyclic) bond motifs is 7. The molecular weight excluding hydrogens is 953 g/mol. The standard InChI is InChI=1S/C50H80O22/c1-20(17-64-44-40(61)38(59)36(57)31(16-51)68-44)9-12-50(63-6)21(2)33-30(72-50)15-27-25-8-7-23-13-24(52)14-32(49(23,5)26(25)10-11-48(27,33)4)69-47-43(71-46-41(62)37(58)34(55)22(3)67-46)42(29(54)19-66-47)70-45-39(60)35(56)28(53)18-65-45/h7,21-22,24-47,51-62H,1,8-19H2,2-6H3/t21-,22-,24+,25+,26-,27-,28+,29-,30-,31+,32+,33-,34-,35-,36+,37+,38-,39+,40+,41+,42-,43+,44+,45-,46-,47-,48-,49-,50?/m0/s1. The van der Waals surface area contributed by atoms with Gasteiger partial charge in [-0.05, 0) is 74.5 Å². The monoisotopic (exact) mass is 1030 g/mol. The third-order valence-electron chi connectivity index (χ3n) is 18.8. The normalized spacial score (nSPS) is 54.5. The Morgan fingerprint density at radius 2 is 1.40 bits per heavy atom. The first kappa shape index (κ1) is 55.4. The third kappa shape index (κ3) is 9.61. The lowest BCUT2D eigenvalue weighted by molar-refractivity contribution is -0.382. The predicted octanol–water partition coefficient (Wildman–Crippen LogP) is -2.18. The quantitative estimate of drug-likeness (QED) is 0.0823. The summed E-state index contributed by atoms with van der Waals surface area (Å²) in [6.07, 6.45) is -20.7. The number of hydrogen-bond acceptors (Lipinski definition) is 22. The molecule has 412 valence electrons. The van der Waals surface area contributed by atoms with Crippen LogP contribution in [0, 0.1) is 40.4 Å². The minimum Gasteiger partial charge on any atom is -0.394 e. The molecule has 9 rings (SSSR count). The summed E-state index contributed by atoms with van der Waals surface area (Å²) >= 11 is 0. The molecule has 12 N–H and O–H groups in total. The van der Waals surface area contributed by atoms with Gasteiger partial charge >= 0.3 is 0 Å². The van der Waals surface area contributed by atoms with E-state index in [4.69, 9.17) is 47.4 Å². The van der Waals surface area contributed by atoms with Crippen LogP contribution in [-0.4, -0.2) is 230 Å². The van der Waals surface area contributed by atoms with Crippen LogP contribution in [0.25, 0.3) is 0 Å². The highest BCUT2D eigenvalue weighted by molar-refractivity contribution is 5.29. The lowest BCUT2D eigenvalue weighted by Gasteiger charge is -2.60. The van der Waals surface area contributed by atoms with Crippen molar-refractivity contribution in [1.29, 1.82) is 0 Å². The Kier molecular flexibility index (Phi) is 16.5. The van der Waals surface area contributed by atoms with Crippen LogP contribution in [0.2, 0.25) is 0 Å². The number of hydrogen-bond donors (Lipinski definition) is 12. The summed E-state index contributed by atoms with van der Waals surface area (Å²) in [7, 11) is 1.66. The third-order valence-corrected chi connectivity index (χ3v) is 18.8. The van der Waals surface area contributed by atoms with Gasteiger partial charge in [0.25, 0.3) is 0 Å². The fraction of sp³-hybridized carbons (Fsp3) is 0.920. The highest BCUT2D eigenvalue weighted by Gasteiger charge is 2.69. The fourth-order valence-corrected chi connectivity index (χ4v) is 14.7. The zero-order valence-electron chi connectivity index (χ0n) is 41.7. The van der Waals surface area contributed by atoms with E-state index < -0.39 is 141 Å². The van der Waals surface area contributed by atoms with Crippen molar-refractivity contribution in [3.05, 3.63) is 23.8 Å². The van der Waals surface area contributed by atoms with Crippen molar-refractivity contribution in [1.82, 2.24) is 0 Å². The van der Waals surface area contributed by atoms with Gasteiger partial charge in [-0.15, -0.1) is 0 Å². The van der Waals surface area contributed by atoms with Gasteiger partial charge in [0.05, 0.1) is 50.8 Å². The molecule has 72 heavy (non-hydrogen) atoms. The molecule has 0 bridgehead atoms. The van der Waals surface area contributed by atoms with Crippen molar-refractivity contribution >= 4 is 0 Å².